The molecule has 0 aliphatic carbocycles. The largest absolute Gasteiger partial charge is 0.490 e. The Bertz CT molecular complexity index is 747. The van der Waals surface area contributed by atoms with E-state index in [-0.39, 0.29) is 24.5 Å². The number of carbonyl (C=O) groups is 2. The number of benzene rings is 2. The molecule has 0 bridgehead atoms. The van der Waals surface area contributed by atoms with E-state index in [0.29, 0.717) is 28.9 Å². The summed E-state index contributed by atoms with van der Waals surface area (Å²) in [5, 5.41) is 0. The Morgan fingerprint density at radius 3 is 2.19 bits per heavy atom. The molecule has 4 nitrogen and oxygen atoms in total. The predicted molar refractivity (Wildman–Crippen MR) is 101 cm³/mol. The van der Waals surface area contributed by atoms with Gasteiger partial charge in [-0.25, -0.2) is 4.79 Å². The summed E-state index contributed by atoms with van der Waals surface area (Å²) in [6.45, 7) is 7.47. The van der Waals surface area contributed by atoms with Crippen molar-refractivity contribution in [2.24, 2.45) is 0 Å². The molecule has 2 aromatic rings. The van der Waals surface area contributed by atoms with Crippen LogP contribution in [0.5, 0.6) is 5.75 Å². The molecule has 0 N–H and O–H groups in total. The van der Waals surface area contributed by atoms with E-state index >= 15 is 0 Å². The third-order valence-electron chi connectivity index (χ3n) is 3.93. The van der Waals surface area contributed by atoms with E-state index in [1.807, 2.05) is 25.1 Å². The van der Waals surface area contributed by atoms with Crippen molar-refractivity contribution in [3.05, 3.63) is 77.9 Å². The van der Waals surface area contributed by atoms with Gasteiger partial charge < -0.3 is 9.47 Å². The summed E-state index contributed by atoms with van der Waals surface area (Å²) < 4.78 is 11.0. The first-order valence-electron chi connectivity index (χ1n) is 8.70. The molecule has 2 rings (SSSR count). The zero-order valence-corrected chi connectivity index (χ0v) is 15.2. The van der Waals surface area contributed by atoms with Gasteiger partial charge in [0, 0.05) is 23.1 Å². The maximum atomic E-state index is 12.4. The molecule has 0 saturated carbocycles. The standard InChI is InChI=1S/C22H24O4/c1-4-19(14-15-25-22(24)16(2)3)26-20-12-10-18(11-13-20)21(23)17-8-6-5-7-9-17/h5-13,19H,2,4,14-15H2,1,3H3. The van der Waals surface area contributed by atoms with Gasteiger partial charge in [-0.3, -0.25) is 4.79 Å². The van der Waals surface area contributed by atoms with Crippen molar-refractivity contribution >= 4 is 11.8 Å². The molecule has 26 heavy (non-hydrogen) atoms. The zero-order valence-electron chi connectivity index (χ0n) is 15.2. The molecule has 0 fully saturated rings. The van der Waals surface area contributed by atoms with Gasteiger partial charge in [-0.15, -0.1) is 0 Å². The van der Waals surface area contributed by atoms with E-state index in [4.69, 9.17) is 9.47 Å². The van der Waals surface area contributed by atoms with Crippen molar-refractivity contribution in [1.29, 1.82) is 0 Å². The fraction of sp³-hybridized carbons (Fsp3) is 0.273. The number of ketones is 1. The zero-order chi connectivity index (χ0) is 18.9. The quantitative estimate of drug-likeness (QED) is 0.376. The van der Waals surface area contributed by atoms with Crippen LogP contribution in [-0.4, -0.2) is 24.5 Å². The SMILES string of the molecule is C=C(C)C(=O)OCCC(CC)Oc1ccc(C(=O)c2ccccc2)cc1. The Labute approximate surface area is 154 Å². The normalized spacial score (nSPS) is 11.5. The third kappa shape index (κ3) is 5.59. The van der Waals surface area contributed by atoms with E-state index in [0.717, 1.165) is 6.42 Å². The molecule has 4 heteroatoms. The molecule has 0 saturated heterocycles. The summed E-state index contributed by atoms with van der Waals surface area (Å²) in [6, 6.07) is 16.3. The molecule has 0 radical (unpaired) electrons. The second-order valence-electron chi connectivity index (χ2n) is 6.07. The van der Waals surface area contributed by atoms with Gasteiger partial charge >= 0.3 is 5.97 Å². The van der Waals surface area contributed by atoms with Crippen LogP contribution in [0, 0.1) is 0 Å². The number of esters is 1. The van der Waals surface area contributed by atoms with Crippen molar-refractivity contribution < 1.29 is 19.1 Å². The Morgan fingerprint density at radius 2 is 1.62 bits per heavy atom. The summed E-state index contributed by atoms with van der Waals surface area (Å²) >= 11 is 0. The van der Waals surface area contributed by atoms with Gasteiger partial charge in [-0.2, -0.15) is 0 Å². The summed E-state index contributed by atoms with van der Waals surface area (Å²) in [5.74, 6) is 0.284. The lowest BCUT2D eigenvalue weighted by Crippen LogP contribution is -2.19. The fourth-order valence-corrected chi connectivity index (χ4v) is 2.39. The highest BCUT2D eigenvalue weighted by Crippen LogP contribution is 2.18. The molecule has 136 valence electrons. The highest BCUT2D eigenvalue weighted by atomic mass is 16.5. The summed E-state index contributed by atoms with van der Waals surface area (Å²) in [4.78, 5) is 23.8. The van der Waals surface area contributed by atoms with Gasteiger partial charge in [0.25, 0.3) is 0 Å². The van der Waals surface area contributed by atoms with E-state index in [2.05, 4.69) is 6.58 Å². The van der Waals surface area contributed by atoms with Crippen molar-refractivity contribution in [1.82, 2.24) is 0 Å². The molecule has 1 unspecified atom stereocenters. The Hall–Kier alpha value is -2.88. The second-order valence-corrected chi connectivity index (χ2v) is 6.07. The van der Waals surface area contributed by atoms with Gasteiger partial charge in [0.05, 0.1) is 6.61 Å². The molecule has 0 aliphatic heterocycles. The molecular formula is C22H24O4. The highest BCUT2D eigenvalue weighted by molar-refractivity contribution is 6.08. The van der Waals surface area contributed by atoms with Crippen LogP contribution < -0.4 is 4.74 Å². The van der Waals surface area contributed by atoms with Gasteiger partial charge in [-0.05, 0) is 37.6 Å². The summed E-state index contributed by atoms with van der Waals surface area (Å²) in [7, 11) is 0. The number of hydrogen-bond donors (Lipinski definition) is 0. The number of carbonyl (C=O) groups excluding carboxylic acids is 2. The van der Waals surface area contributed by atoms with E-state index in [1.54, 1.807) is 43.3 Å². The average Bonchev–Trinajstić information content (AvgIpc) is 2.67. The molecule has 0 spiro atoms. The first-order valence-corrected chi connectivity index (χ1v) is 8.70. The minimum Gasteiger partial charge on any atom is -0.490 e. The van der Waals surface area contributed by atoms with Crippen LogP contribution in [0.25, 0.3) is 0 Å². The molecule has 0 aromatic heterocycles. The predicted octanol–water partition coefficient (Wildman–Crippen LogP) is 4.58. The monoisotopic (exact) mass is 352 g/mol. The van der Waals surface area contributed by atoms with E-state index < -0.39 is 0 Å². The van der Waals surface area contributed by atoms with E-state index in [1.165, 1.54) is 0 Å². The van der Waals surface area contributed by atoms with Crippen molar-refractivity contribution in [3.63, 3.8) is 0 Å². The van der Waals surface area contributed by atoms with E-state index in [9.17, 15) is 9.59 Å². The van der Waals surface area contributed by atoms with Crippen molar-refractivity contribution in [2.45, 2.75) is 32.8 Å². The van der Waals surface area contributed by atoms with Crippen LogP contribution in [0.4, 0.5) is 0 Å². The fourth-order valence-electron chi connectivity index (χ4n) is 2.39. The molecule has 1 atom stereocenters. The second kappa shape index (κ2) is 9.56. The van der Waals surface area contributed by atoms with Crippen LogP contribution in [0.15, 0.2) is 66.7 Å². The molecular weight excluding hydrogens is 328 g/mol. The minimum atomic E-state index is -0.386. The number of ether oxygens (including phenoxy) is 2. The maximum absolute atomic E-state index is 12.4. The lowest BCUT2D eigenvalue weighted by Gasteiger charge is -2.17. The summed E-state index contributed by atoms with van der Waals surface area (Å²) in [6.07, 6.45) is 1.32. The van der Waals surface area contributed by atoms with Crippen LogP contribution in [-0.2, 0) is 9.53 Å². The average molecular weight is 352 g/mol. The highest BCUT2D eigenvalue weighted by Gasteiger charge is 2.12. The molecule has 2 aromatic carbocycles. The third-order valence-corrected chi connectivity index (χ3v) is 3.93. The van der Waals surface area contributed by atoms with Gasteiger partial charge in [0.15, 0.2) is 5.78 Å². The van der Waals surface area contributed by atoms with Crippen molar-refractivity contribution in [2.75, 3.05) is 6.61 Å². The van der Waals surface area contributed by atoms with Crippen LogP contribution in [0.3, 0.4) is 0 Å². The minimum absolute atomic E-state index is 0.0177. The lowest BCUT2D eigenvalue weighted by molar-refractivity contribution is -0.139. The van der Waals surface area contributed by atoms with Crippen LogP contribution in [0.1, 0.15) is 42.6 Å². The Morgan fingerprint density at radius 1 is 1.00 bits per heavy atom. The molecule has 0 heterocycles. The summed E-state index contributed by atoms with van der Waals surface area (Å²) in [5.41, 5.74) is 1.66. The Kier molecular flexibility index (Phi) is 7.15. The van der Waals surface area contributed by atoms with Gasteiger partial charge in [0.2, 0.25) is 0 Å². The van der Waals surface area contributed by atoms with Gasteiger partial charge in [-0.1, -0.05) is 43.8 Å². The number of rotatable bonds is 9. The van der Waals surface area contributed by atoms with Crippen LogP contribution in [0.2, 0.25) is 0 Å². The topological polar surface area (TPSA) is 52.6 Å². The van der Waals surface area contributed by atoms with Crippen molar-refractivity contribution in [3.8, 4) is 5.75 Å². The smallest absolute Gasteiger partial charge is 0.333 e. The molecule has 0 amide bonds. The maximum Gasteiger partial charge on any atom is 0.333 e. The Balaban J connectivity index is 1.91. The van der Waals surface area contributed by atoms with Gasteiger partial charge in [0.1, 0.15) is 11.9 Å². The van der Waals surface area contributed by atoms with Crippen LogP contribution >= 0.6 is 0 Å². The lowest BCUT2D eigenvalue weighted by atomic mass is 10.0. The first kappa shape index (κ1) is 19.4. The first-order chi connectivity index (χ1) is 12.5. The number of hydrogen-bond acceptors (Lipinski definition) is 4. The molecule has 0 aliphatic rings.